The topological polar surface area (TPSA) is 107 Å². The number of rotatable bonds is 2. The second-order valence-corrected chi connectivity index (χ2v) is 3.99. The van der Waals surface area contributed by atoms with Crippen LogP contribution in [0, 0.1) is 0 Å². The Bertz CT molecular complexity index is 368. The van der Waals surface area contributed by atoms with E-state index in [9.17, 15) is 19.8 Å². The average molecular weight is 243 g/mol. The number of aliphatic hydroxyl groups is 3. The number of nitrogens with zero attached hydrogens (tertiary/aromatic N) is 1. The molecule has 7 heteroatoms. The Morgan fingerprint density at radius 1 is 1.35 bits per heavy atom. The third-order valence-electron chi connectivity index (χ3n) is 2.83. The zero-order valence-corrected chi connectivity index (χ0v) is 8.89. The molecule has 0 aliphatic carbocycles. The summed E-state index contributed by atoms with van der Waals surface area (Å²) in [6.45, 7) is -0.459. The number of ether oxygens (including phenoxy) is 1. The molecule has 0 aromatic heterocycles. The van der Waals surface area contributed by atoms with Crippen LogP contribution in [-0.2, 0) is 14.3 Å². The Labute approximate surface area is 96.9 Å². The van der Waals surface area contributed by atoms with Gasteiger partial charge in [-0.2, -0.15) is 0 Å². The maximum Gasteiger partial charge on any atom is 0.236 e. The standard InChI is InChI=1S/C10H13NO6/c12-4-6-8(15)9(16)10(17-6)11-2-1-5(13)3-7(11)14/h1-2,6,8-10,12,15-16H,3-4H2/t6-,8+,9+,10+/m0/s1. The Kier molecular flexibility index (Phi) is 3.25. The minimum absolute atomic E-state index is 0.289. The number of allylic oxidation sites excluding steroid dienone is 1. The molecule has 0 spiro atoms. The molecule has 0 saturated carbocycles. The highest BCUT2D eigenvalue weighted by Crippen LogP contribution is 2.25. The lowest BCUT2D eigenvalue weighted by Crippen LogP contribution is -2.46. The van der Waals surface area contributed by atoms with Crippen LogP contribution in [0.25, 0.3) is 0 Å². The molecule has 94 valence electrons. The van der Waals surface area contributed by atoms with Crippen molar-refractivity contribution in [3.05, 3.63) is 12.3 Å². The van der Waals surface area contributed by atoms with Gasteiger partial charge in [0.25, 0.3) is 0 Å². The zero-order valence-electron chi connectivity index (χ0n) is 8.89. The molecular weight excluding hydrogens is 230 g/mol. The SMILES string of the molecule is O=C1C=CN([C@@H]2O[C@@H](CO)[C@@H](O)[C@H]2O)C(=O)C1. The predicted octanol–water partition coefficient (Wildman–Crippen LogP) is -2.26. The van der Waals surface area contributed by atoms with Crippen LogP contribution >= 0.6 is 0 Å². The van der Waals surface area contributed by atoms with Crippen molar-refractivity contribution in [2.75, 3.05) is 6.61 Å². The first-order valence-electron chi connectivity index (χ1n) is 5.19. The lowest BCUT2D eigenvalue weighted by Gasteiger charge is -2.28. The first-order valence-corrected chi connectivity index (χ1v) is 5.19. The largest absolute Gasteiger partial charge is 0.394 e. The molecule has 17 heavy (non-hydrogen) atoms. The second-order valence-electron chi connectivity index (χ2n) is 3.99. The van der Waals surface area contributed by atoms with E-state index in [1.807, 2.05) is 0 Å². The third-order valence-corrected chi connectivity index (χ3v) is 2.83. The molecule has 2 heterocycles. The molecular formula is C10H13NO6. The summed E-state index contributed by atoms with van der Waals surface area (Å²) in [5.41, 5.74) is 0. The highest BCUT2D eigenvalue weighted by molar-refractivity contribution is 6.06. The third kappa shape index (κ3) is 2.09. The number of ketones is 1. The van der Waals surface area contributed by atoms with Gasteiger partial charge in [0.2, 0.25) is 5.91 Å². The van der Waals surface area contributed by atoms with Crippen molar-refractivity contribution >= 4 is 11.7 Å². The quantitative estimate of drug-likeness (QED) is 0.472. The summed E-state index contributed by atoms with van der Waals surface area (Å²) in [6, 6.07) is 0. The van der Waals surface area contributed by atoms with E-state index in [0.717, 1.165) is 4.90 Å². The number of hydrogen-bond donors (Lipinski definition) is 3. The van der Waals surface area contributed by atoms with Crippen LogP contribution in [0.4, 0.5) is 0 Å². The Morgan fingerprint density at radius 2 is 2.06 bits per heavy atom. The molecule has 1 amide bonds. The van der Waals surface area contributed by atoms with Gasteiger partial charge in [-0.05, 0) is 6.08 Å². The van der Waals surface area contributed by atoms with Gasteiger partial charge in [0.05, 0.1) is 13.0 Å². The van der Waals surface area contributed by atoms with E-state index in [1.165, 1.54) is 12.3 Å². The van der Waals surface area contributed by atoms with E-state index in [2.05, 4.69) is 0 Å². The van der Waals surface area contributed by atoms with E-state index in [-0.39, 0.29) is 12.2 Å². The number of carbonyl (C=O) groups excluding carboxylic acids is 2. The number of aliphatic hydroxyl groups excluding tert-OH is 3. The summed E-state index contributed by atoms with van der Waals surface area (Å²) in [5.74, 6) is -0.828. The van der Waals surface area contributed by atoms with Crippen LogP contribution in [0.1, 0.15) is 6.42 Å². The number of hydrogen-bond acceptors (Lipinski definition) is 6. The number of amides is 1. The van der Waals surface area contributed by atoms with Gasteiger partial charge in [0, 0.05) is 6.20 Å². The number of carbonyl (C=O) groups is 2. The van der Waals surface area contributed by atoms with Crippen LogP contribution in [0.2, 0.25) is 0 Å². The lowest BCUT2D eigenvalue weighted by molar-refractivity contribution is -0.148. The van der Waals surface area contributed by atoms with E-state index >= 15 is 0 Å². The molecule has 3 N–H and O–H groups in total. The molecule has 0 aromatic rings. The molecule has 0 bridgehead atoms. The fourth-order valence-corrected chi connectivity index (χ4v) is 1.88. The molecule has 0 unspecified atom stereocenters. The van der Waals surface area contributed by atoms with Gasteiger partial charge in [-0.25, -0.2) is 0 Å². The van der Waals surface area contributed by atoms with E-state index in [4.69, 9.17) is 9.84 Å². The molecule has 2 aliphatic rings. The predicted molar refractivity (Wildman–Crippen MR) is 53.4 cm³/mol. The highest BCUT2D eigenvalue weighted by Gasteiger charge is 2.46. The smallest absolute Gasteiger partial charge is 0.236 e. The maximum absolute atomic E-state index is 11.6. The van der Waals surface area contributed by atoms with Crippen LogP contribution in [0.3, 0.4) is 0 Å². The van der Waals surface area contributed by atoms with Crippen molar-refractivity contribution in [2.24, 2.45) is 0 Å². The Hall–Kier alpha value is -1.28. The molecule has 1 fully saturated rings. The molecule has 7 nitrogen and oxygen atoms in total. The van der Waals surface area contributed by atoms with Crippen molar-refractivity contribution < 1.29 is 29.6 Å². The minimum atomic E-state index is -1.31. The average Bonchev–Trinajstić information content (AvgIpc) is 2.57. The molecule has 2 aliphatic heterocycles. The van der Waals surface area contributed by atoms with Gasteiger partial charge in [-0.15, -0.1) is 0 Å². The lowest BCUT2D eigenvalue weighted by atomic mass is 10.1. The van der Waals surface area contributed by atoms with Crippen LogP contribution in [-0.4, -0.2) is 63.1 Å². The van der Waals surface area contributed by atoms with Crippen LogP contribution in [0.15, 0.2) is 12.3 Å². The Balaban J connectivity index is 2.16. The first kappa shape index (κ1) is 12.2. The van der Waals surface area contributed by atoms with Crippen LogP contribution < -0.4 is 0 Å². The van der Waals surface area contributed by atoms with Gasteiger partial charge < -0.3 is 20.1 Å². The summed E-state index contributed by atoms with van der Waals surface area (Å²) in [7, 11) is 0. The molecule has 1 saturated heterocycles. The maximum atomic E-state index is 11.6. The van der Waals surface area contributed by atoms with Crippen LogP contribution in [0.5, 0.6) is 0 Å². The summed E-state index contributed by atoms with van der Waals surface area (Å²) >= 11 is 0. The molecule has 4 atom stereocenters. The van der Waals surface area contributed by atoms with Gasteiger partial charge in [0.15, 0.2) is 12.0 Å². The van der Waals surface area contributed by atoms with E-state index in [1.54, 1.807) is 0 Å². The van der Waals surface area contributed by atoms with Crippen molar-refractivity contribution in [2.45, 2.75) is 31.0 Å². The van der Waals surface area contributed by atoms with E-state index < -0.39 is 37.1 Å². The highest BCUT2D eigenvalue weighted by atomic mass is 16.6. The molecule has 2 rings (SSSR count). The molecule has 0 radical (unpaired) electrons. The van der Waals surface area contributed by atoms with Crippen molar-refractivity contribution in [1.29, 1.82) is 0 Å². The minimum Gasteiger partial charge on any atom is -0.394 e. The monoisotopic (exact) mass is 243 g/mol. The van der Waals surface area contributed by atoms with Crippen molar-refractivity contribution in [1.82, 2.24) is 4.90 Å². The first-order chi connectivity index (χ1) is 8.04. The fourth-order valence-electron chi connectivity index (χ4n) is 1.88. The normalized spacial score (nSPS) is 37.9. The summed E-state index contributed by atoms with van der Waals surface area (Å²) in [6.07, 6.45) is -2.45. The second kappa shape index (κ2) is 4.53. The summed E-state index contributed by atoms with van der Waals surface area (Å²) in [5, 5.41) is 28.1. The van der Waals surface area contributed by atoms with Crippen molar-refractivity contribution in [3.8, 4) is 0 Å². The van der Waals surface area contributed by atoms with Crippen molar-refractivity contribution in [3.63, 3.8) is 0 Å². The summed E-state index contributed by atoms with van der Waals surface area (Å²) < 4.78 is 5.17. The van der Waals surface area contributed by atoms with Gasteiger partial charge in [-0.1, -0.05) is 0 Å². The fraction of sp³-hybridized carbons (Fsp3) is 0.600. The van der Waals surface area contributed by atoms with Gasteiger partial charge in [-0.3, -0.25) is 14.5 Å². The zero-order chi connectivity index (χ0) is 12.6. The Morgan fingerprint density at radius 3 is 2.59 bits per heavy atom. The molecule has 0 aromatic carbocycles. The van der Waals surface area contributed by atoms with Gasteiger partial charge in [0.1, 0.15) is 18.3 Å². The summed E-state index contributed by atoms with van der Waals surface area (Å²) in [4.78, 5) is 23.6. The van der Waals surface area contributed by atoms with E-state index in [0.29, 0.717) is 0 Å². The van der Waals surface area contributed by atoms with Gasteiger partial charge >= 0.3 is 0 Å².